The van der Waals surface area contributed by atoms with Gasteiger partial charge in [0.15, 0.2) is 0 Å². The Morgan fingerprint density at radius 1 is 0.846 bits per heavy atom. The summed E-state index contributed by atoms with van der Waals surface area (Å²) in [6.07, 6.45) is -10.9. The monoisotopic (exact) mass is 551 g/mol. The normalized spacial score (nSPS) is 14.1. The Bertz CT molecular complexity index is 1250. The molecule has 1 saturated heterocycles. The molecular weight excluding hydrogens is 528 g/mol. The topological polar surface area (TPSA) is 84.7 Å². The van der Waals surface area contributed by atoms with Crippen LogP contribution < -0.4 is 11.1 Å². The number of imide groups is 1. The van der Waals surface area contributed by atoms with Gasteiger partial charge in [-0.05, 0) is 29.3 Å². The molecule has 2 amide bonds. The van der Waals surface area contributed by atoms with Crippen molar-refractivity contribution in [2.75, 3.05) is 13.2 Å². The zero-order chi connectivity index (χ0) is 28.6. The molecule has 1 aliphatic heterocycles. The van der Waals surface area contributed by atoms with Crippen LogP contribution in [0.4, 0.5) is 31.1 Å². The van der Waals surface area contributed by atoms with Crippen LogP contribution >= 0.6 is 0 Å². The lowest BCUT2D eigenvalue weighted by Gasteiger charge is -2.19. The standard InChI is InChI=1S/C21H17F6N3O3.C6H6/c22-20(23,24)14-8-12(9-15(10-14)21(25,26)27)11-29-17(13-4-2-1-3-5-13)16(28)18(31)30-6-7-33-19(30)32;1-2-4-6-5-3-1/h1-5,8-10,29H,6-7,11,28H2;1-6H/b17-16-;. The van der Waals surface area contributed by atoms with Crippen LogP contribution in [0.5, 0.6) is 0 Å². The number of alkyl halides is 6. The van der Waals surface area contributed by atoms with Crippen LogP contribution in [0.3, 0.4) is 0 Å². The quantitative estimate of drug-likeness (QED) is 0.309. The lowest BCUT2D eigenvalue weighted by atomic mass is 10.0. The molecule has 0 spiro atoms. The van der Waals surface area contributed by atoms with Gasteiger partial charge in [0.1, 0.15) is 12.3 Å². The summed E-state index contributed by atoms with van der Waals surface area (Å²) < 4.78 is 83.5. The van der Waals surface area contributed by atoms with Gasteiger partial charge in [-0.15, -0.1) is 0 Å². The van der Waals surface area contributed by atoms with E-state index < -0.39 is 47.7 Å². The highest BCUT2D eigenvalue weighted by atomic mass is 19.4. The van der Waals surface area contributed by atoms with Crippen LogP contribution in [0.1, 0.15) is 22.3 Å². The number of hydrogen-bond donors (Lipinski definition) is 2. The molecule has 0 saturated carbocycles. The number of carbonyl (C=O) groups is 2. The third kappa shape index (κ3) is 8.00. The first-order valence-electron chi connectivity index (χ1n) is 11.4. The molecule has 39 heavy (non-hydrogen) atoms. The second-order valence-corrected chi connectivity index (χ2v) is 8.15. The van der Waals surface area contributed by atoms with E-state index in [4.69, 9.17) is 10.5 Å². The van der Waals surface area contributed by atoms with E-state index in [1.54, 1.807) is 18.2 Å². The van der Waals surface area contributed by atoms with E-state index in [2.05, 4.69) is 5.32 Å². The summed E-state index contributed by atoms with van der Waals surface area (Å²) in [6.45, 7) is -0.602. The fourth-order valence-electron chi connectivity index (χ4n) is 3.48. The third-order valence-electron chi connectivity index (χ3n) is 5.35. The number of nitrogens with one attached hydrogen (secondary N) is 1. The van der Waals surface area contributed by atoms with Gasteiger partial charge in [0.05, 0.1) is 23.4 Å². The summed E-state index contributed by atoms with van der Waals surface area (Å²) in [5.74, 6) is -0.913. The van der Waals surface area contributed by atoms with Crippen molar-refractivity contribution in [2.45, 2.75) is 18.9 Å². The van der Waals surface area contributed by atoms with Crippen LogP contribution in [-0.4, -0.2) is 30.1 Å². The number of rotatable bonds is 5. The predicted molar refractivity (Wildman–Crippen MR) is 130 cm³/mol. The van der Waals surface area contributed by atoms with Crippen molar-refractivity contribution in [3.05, 3.63) is 113 Å². The van der Waals surface area contributed by atoms with Crippen molar-refractivity contribution in [1.82, 2.24) is 10.2 Å². The molecule has 4 rings (SSSR count). The van der Waals surface area contributed by atoms with E-state index >= 15 is 0 Å². The SMILES string of the molecule is N/C(C(=O)N1CCOC1=O)=C(\NCc1cc(C(F)(F)F)cc(C(F)(F)F)c1)c1ccccc1.c1ccccc1. The smallest absolute Gasteiger partial charge is 0.417 e. The Hall–Kier alpha value is -4.48. The number of nitrogens with two attached hydrogens (primary N) is 1. The molecule has 6 nitrogen and oxygen atoms in total. The number of nitrogens with zero attached hydrogens (tertiary/aromatic N) is 1. The highest BCUT2D eigenvalue weighted by Gasteiger charge is 2.37. The molecule has 0 atom stereocenters. The molecule has 0 bridgehead atoms. The van der Waals surface area contributed by atoms with Crippen LogP contribution in [0, 0.1) is 0 Å². The molecular formula is C27H23F6N3O3. The number of halogens is 6. The molecule has 1 heterocycles. The first-order chi connectivity index (χ1) is 18.4. The Morgan fingerprint density at radius 2 is 1.33 bits per heavy atom. The highest BCUT2D eigenvalue weighted by Crippen LogP contribution is 2.36. The lowest BCUT2D eigenvalue weighted by Crippen LogP contribution is -2.37. The fraction of sp³-hybridized carbons (Fsp3) is 0.185. The van der Waals surface area contributed by atoms with E-state index in [0.29, 0.717) is 17.7 Å². The first-order valence-corrected chi connectivity index (χ1v) is 11.4. The van der Waals surface area contributed by atoms with Crippen LogP contribution in [0.25, 0.3) is 5.70 Å². The molecule has 1 fully saturated rings. The molecule has 12 heteroatoms. The highest BCUT2D eigenvalue weighted by molar-refractivity contribution is 6.06. The summed E-state index contributed by atoms with van der Waals surface area (Å²) in [4.78, 5) is 25.1. The van der Waals surface area contributed by atoms with Crippen molar-refractivity contribution in [2.24, 2.45) is 5.73 Å². The number of ether oxygens (including phenoxy) is 1. The zero-order valence-electron chi connectivity index (χ0n) is 20.2. The average molecular weight is 551 g/mol. The lowest BCUT2D eigenvalue weighted by molar-refractivity contribution is -0.143. The summed E-state index contributed by atoms with van der Waals surface area (Å²) in [7, 11) is 0. The molecule has 0 unspecified atom stereocenters. The number of hydrogen-bond acceptors (Lipinski definition) is 5. The number of cyclic esters (lactones) is 1. The summed E-state index contributed by atoms with van der Waals surface area (Å²) in [5, 5.41) is 2.65. The summed E-state index contributed by atoms with van der Waals surface area (Å²) in [6, 6.07) is 21.0. The fourth-order valence-corrected chi connectivity index (χ4v) is 3.48. The second-order valence-electron chi connectivity index (χ2n) is 8.15. The Morgan fingerprint density at radius 3 is 1.77 bits per heavy atom. The van der Waals surface area contributed by atoms with Crippen LogP contribution in [0.15, 0.2) is 90.6 Å². The van der Waals surface area contributed by atoms with Gasteiger partial charge >= 0.3 is 18.4 Å². The van der Waals surface area contributed by atoms with E-state index in [1.165, 1.54) is 12.1 Å². The maximum Gasteiger partial charge on any atom is 0.417 e. The van der Waals surface area contributed by atoms with Gasteiger partial charge in [-0.1, -0.05) is 66.7 Å². The van der Waals surface area contributed by atoms with Gasteiger partial charge in [0.25, 0.3) is 5.91 Å². The van der Waals surface area contributed by atoms with Crippen molar-refractivity contribution >= 4 is 17.7 Å². The maximum atomic E-state index is 13.1. The molecule has 3 N–H and O–H groups in total. The number of benzene rings is 3. The van der Waals surface area contributed by atoms with E-state index in [0.717, 1.165) is 4.90 Å². The molecule has 3 aromatic rings. The van der Waals surface area contributed by atoms with Crippen molar-refractivity contribution in [3.63, 3.8) is 0 Å². The molecule has 0 radical (unpaired) electrons. The Balaban J connectivity index is 0.000000617. The third-order valence-corrected chi connectivity index (χ3v) is 5.35. The van der Waals surface area contributed by atoms with Gasteiger partial charge in [0.2, 0.25) is 0 Å². The minimum atomic E-state index is -5.00. The average Bonchev–Trinajstić information content (AvgIpc) is 3.34. The zero-order valence-corrected chi connectivity index (χ0v) is 20.2. The molecule has 1 aliphatic rings. The Kier molecular flexibility index (Phi) is 9.23. The van der Waals surface area contributed by atoms with Gasteiger partial charge in [0, 0.05) is 6.54 Å². The summed E-state index contributed by atoms with van der Waals surface area (Å²) >= 11 is 0. The van der Waals surface area contributed by atoms with Gasteiger partial charge in [-0.25, -0.2) is 9.69 Å². The van der Waals surface area contributed by atoms with Crippen LogP contribution in [0.2, 0.25) is 0 Å². The van der Waals surface area contributed by atoms with Gasteiger partial charge < -0.3 is 15.8 Å². The Labute approximate surface area is 219 Å². The molecule has 206 valence electrons. The predicted octanol–water partition coefficient (Wildman–Crippen LogP) is 5.81. The minimum Gasteiger partial charge on any atom is -0.447 e. The van der Waals surface area contributed by atoms with E-state index in [-0.39, 0.29) is 30.5 Å². The molecule has 0 aromatic heterocycles. The second kappa shape index (κ2) is 12.4. The van der Waals surface area contributed by atoms with E-state index in [9.17, 15) is 35.9 Å². The molecule has 3 aromatic carbocycles. The largest absolute Gasteiger partial charge is 0.447 e. The van der Waals surface area contributed by atoms with Crippen molar-refractivity contribution in [3.8, 4) is 0 Å². The van der Waals surface area contributed by atoms with E-state index in [1.807, 2.05) is 36.4 Å². The molecule has 0 aliphatic carbocycles. The first kappa shape index (κ1) is 29.1. The maximum absolute atomic E-state index is 13.1. The summed E-state index contributed by atoms with van der Waals surface area (Å²) in [5.41, 5.74) is 2.49. The van der Waals surface area contributed by atoms with Gasteiger partial charge in [-0.3, -0.25) is 4.79 Å². The number of carbonyl (C=O) groups excluding carboxylic acids is 2. The minimum absolute atomic E-state index is 0.0221. The van der Waals surface area contributed by atoms with Crippen molar-refractivity contribution < 1.29 is 40.7 Å². The van der Waals surface area contributed by atoms with Crippen LogP contribution in [-0.2, 0) is 28.4 Å². The number of amides is 2. The van der Waals surface area contributed by atoms with Crippen molar-refractivity contribution in [1.29, 1.82) is 0 Å². The van der Waals surface area contributed by atoms with Gasteiger partial charge in [-0.2, -0.15) is 26.3 Å².